The van der Waals surface area contributed by atoms with Crippen molar-refractivity contribution in [2.24, 2.45) is 0 Å². The van der Waals surface area contributed by atoms with Crippen LogP contribution in [-0.4, -0.2) is 9.97 Å². The highest BCUT2D eigenvalue weighted by Crippen LogP contribution is 2.48. The van der Waals surface area contributed by atoms with Gasteiger partial charge in [0.15, 0.2) is 0 Å². The summed E-state index contributed by atoms with van der Waals surface area (Å²) in [6, 6.07) is 57.6. The maximum atomic E-state index is 4.32. The minimum atomic E-state index is 1.17. The molecule has 0 spiro atoms. The number of benzene rings is 8. The van der Waals surface area contributed by atoms with Crippen LogP contribution in [0.1, 0.15) is 0 Å². The van der Waals surface area contributed by atoms with E-state index in [9.17, 15) is 0 Å². The number of hydrogen-bond acceptors (Lipinski definition) is 2. The van der Waals surface area contributed by atoms with Crippen molar-refractivity contribution in [1.82, 2.24) is 9.97 Å². The molecule has 10 rings (SSSR count). The first-order valence-corrected chi connectivity index (χ1v) is 17.1. The summed E-state index contributed by atoms with van der Waals surface area (Å²) in [6.45, 7) is 0. The van der Waals surface area contributed by atoms with Crippen molar-refractivity contribution in [1.29, 1.82) is 0 Å². The zero-order valence-electron chi connectivity index (χ0n) is 27.2. The van der Waals surface area contributed by atoms with Crippen molar-refractivity contribution in [2.75, 3.05) is 0 Å². The van der Waals surface area contributed by atoms with Crippen molar-refractivity contribution < 1.29 is 0 Å². The molecule has 0 unspecified atom stereocenters. The molecule has 0 bridgehead atoms. The summed E-state index contributed by atoms with van der Waals surface area (Å²) < 4.78 is 0. The van der Waals surface area contributed by atoms with E-state index in [1.165, 1.54) is 98.4 Å². The molecule has 8 aromatic carbocycles. The van der Waals surface area contributed by atoms with E-state index in [0.717, 1.165) is 0 Å². The van der Waals surface area contributed by atoms with Gasteiger partial charge in [-0.25, -0.2) is 0 Å². The second-order valence-corrected chi connectivity index (χ2v) is 12.9. The van der Waals surface area contributed by atoms with Crippen molar-refractivity contribution in [3.8, 4) is 44.5 Å². The van der Waals surface area contributed by atoms with E-state index in [2.05, 4.69) is 168 Å². The topological polar surface area (TPSA) is 25.8 Å². The molecule has 0 fully saturated rings. The van der Waals surface area contributed by atoms with E-state index in [-0.39, 0.29) is 0 Å². The quantitative estimate of drug-likeness (QED) is 0.180. The van der Waals surface area contributed by atoms with Gasteiger partial charge in [0.25, 0.3) is 0 Å². The van der Waals surface area contributed by atoms with Gasteiger partial charge in [0.1, 0.15) is 0 Å². The van der Waals surface area contributed by atoms with Gasteiger partial charge < -0.3 is 0 Å². The van der Waals surface area contributed by atoms with Gasteiger partial charge in [-0.15, -0.1) is 0 Å². The van der Waals surface area contributed by atoms with Gasteiger partial charge in [-0.05, 0) is 123 Å². The molecule has 0 aliphatic rings. The Kier molecular flexibility index (Phi) is 6.53. The molecule has 0 saturated heterocycles. The molecule has 232 valence electrons. The first-order valence-electron chi connectivity index (χ1n) is 17.1. The Hall–Kier alpha value is -6.64. The van der Waals surface area contributed by atoms with Gasteiger partial charge in [0.2, 0.25) is 0 Å². The van der Waals surface area contributed by atoms with Crippen LogP contribution in [0.2, 0.25) is 0 Å². The van der Waals surface area contributed by atoms with E-state index >= 15 is 0 Å². The number of rotatable bonds is 4. The van der Waals surface area contributed by atoms with Gasteiger partial charge in [0.05, 0.1) is 0 Å². The lowest BCUT2D eigenvalue weighted by Crippen LogP contribution is -1.93. The van der Waals surface area contributed by atoms with Crippen molar-refractivity contribution in [2.45, 2.75) is 0 Å². The molecule has 0 N–H and O–H groups in total. The lowest BCUT2D eigenvalue weighted by atomic mass is 9.82. The summed E-state index contributed by atoms with van der Waals surface area (Å²) in [5, 5.41) is 12.4. The fourth-order valence-electron chi connectivity index (χ4n) is 8.24. The first kappa shape index (κ1) is 28.4. The average Bonchev–Trinajstić information content (AvgIpc) is 3.19. The van der Waals surface area contributed by atoms with E-state index in [1.807, 2.05) is 24.8 Å². The number of nitrogens with zero attached hydrogens (tertiary/aromatic N) is 2. The normalized spacial score (nSPS) is 11.6. The summed E-state index contributed by atoms with van der Waals surface area (Å²) >= 11 is 0. The van der Waals surface area contributed by atoms with Crippen LogP contribution in [0.15, 0.2) is 183 Å². The fourth-order valence-corrected chi connectivity index (χ4v) is 8.24. The fraction of sp³-hybridized carbons (Fsp3) is 0. The van der Waals surface area contributed by atoms with Gasteiger partial charge in [0, 0.05) is 24.8 Å². The van der Waals surface area contributed by atoms with E-state index in [0.29, 0.717) is 0 Å². The summed E-state index contributed by atoms with van der Waals surface area (Å²) in [5.41, 5.74) is 9.84. The Morgan fingerprint density at radius 2 is 0.480 bits per heavy atom. The molecule has 2 nitrogen and oxygen atoms in total. The average molecular weight is 635 g/mol. The monoisotopic (exact) mass is 634 g/mol. The zero-order chi connectivity index (χ0) is 33.0. The van der Waals surface area contributed by atoms with Crippen molar-refractivity contribution in [3.63, 3.8) is 0 Å². The Balaban J connectivity index is 1.31. The summed E-state index contributed by atoms with van der Waals surface area (Å²) in [5.74, 6) is 0. The van der Waals surface area contributed by atoms with Gasteiger partial charge in [-0.2, -0.15) is 0 Å². The molecule has 0 saturated carbocycles. The molecule has 2 heterocycles. The lowest BCUT2D eigenvalue weighted by molar-refractivity contribution is 1.33. The standard InChI is InChI=1S/C48H30N2/c1-5-15-41-37(11-1)45(31-23-27-49-28-24-31)38-12-2-6-16-42(38)47(41)35-21-9-20-34-33(35)19-10-22-36(34)48-43-17-7-3-13-39(43)46(32-25-29-50-30-26-32)40-14-4-8-18-44(40)48/h1-30H. The number of pyridine rings is 2. The number of fused-ring (bicyclic) bond motifs is 5. The first-order chi connectivity index (χ1) is 24.9. The molecule has 0 atom stereocenters. The highest BCUT2D eigenvalue weighted by atomic mass is 14.6. The molecule has 0 aliphatic heterocycles. The number of hydrogen-bond donors (Lipinski definition) is 0. The maximum absolute atomic E-state index is 4.32. The Labute approximate surface area is 290 Å². The molecular formula is C48H30N2. The molecule has 0 amide bonds. The van der Waals surface area contributed by atoms with E-state index < -0.39 is 0 Å². The third-order valence-corrected chi connectivity index (χ3v) is 10.3. The van der Waals surface area contributed by atoms with Crippen molar-refractivity contribution in [3.05, 3.63) is 183 Å². The highest BCUT2D eigenvalue weighted by molar-refractivity contribution is 6.26. The second-order valence-electron chi connectivity index (χ2n) is 12.9. The van der Waals surface area contributed by atoms with Crippen LogP contribution in [-0.2, 0) is 0 Å². The summed E-state index contributed by atoms with van der Waals surface area (Å²) in [7, 11) is 0. The van der Waals surface area contributed by atoms with E-state index in [4.69, 9.17) is 0 Å². The molecule has 50 heavy (non-hydrogen) atoms. The van der Waals surface area contributed by atoms with Crippen LogP contribution in [0.25, 0.3) is 98.4 Å². The molecular weight excluding hydrogens is 605 g/mol. The molecule has 0 aliphatic carbocycles. The van der Waals surface area contributed by atoms with Crippen LogP contribution in [0.5, 0.6) is 0 Å². The Morgan fingerprint density at radius 3 is 0.780 bits per heavy atom. The largest absolute Gasteiger partial charge is 0.265 e. The number of aromatic nitrogens is 2. The minimum Gasteiger partial charge on any atom is -0.265 e. The summed E-state index contributed by atoms with van der Waals surface area (Å²) in [6.07, 6.45) is 7.54. The molecule has 2 aromatic heterocycles. The van der Waals surface area contributed by atoms with Crippen LogP contribution >= 0.6 is 0 Å². The molecule has 2 heteroatoms. The SMILES string of the molecule is c1cc(-c2c3ccccc3c(-c3ccncc3)c3ccccc23)c2cccc(-c3c4ccccc4c(-c4ccncc4)c4ccccc34)c2c1. The van der Waals surface area contributed by atoms with Gasteiger partial charge >= 0.3 is 0 Å². The highest BCUT2D eigenvalue weighted by Gasteiger charge is 2.21. The lowest BCUT2D eigenvalue weighted by Gasteiger charge is -2.21. The minimum absolute atomic E-state index is 1.17. The predicted molar refractivity (Wildman–Crippen MR) is 211 cm³/mol. The smallest absolute Gasteiger partial charge is 0.0273 e. The molecule has 10 aromatic rings. The van der Waals surface area contributed by atoms with Crippen molar-refractivity contribution >= 4 is 53.9 Å². The Bertz CT molecular complexity index is 2590. The maximum Gasteiger partial charge on any atom is 0.0273 e. The third-order valence-electron chi connectivity index (χ3n) is 10.3. The van der Waals surface area contributed by atoms with Crippen LogP contribution in [0.3, 0.4) is 0 Å². The second kappa shape index (κ2) is 11.5. The summed E-state index contributed by atoms with van der Waals surface area (Å²) in [4.78, 5) is 8.64. The van der Waals surface area contributed by atoms with Gasteiger partial charge in [-0.1, -0.05) is 133 Å². The van der Waals surface area contributed by atoms with Crippen LogP contribution in [0, 0.1) is 0 Å². The van der Waals surface area contributed by atoms with Crippen LogP contribution in [0.4, 0.5) is 0 Å². The van der Waals surface area contributed by atoms with Crippen LogP contribution < -0.4 is 0 Å². The molecule has 0 radical (unpaired) electrons. The Morgan fingerprint density at radius 1 is 0.220 bits per heavy atom. The zero-order valence-corrected chi connectivity index (χ0v) is 27.2. The predicted octanol–water partition coefficient (Wildman–Crippen LogP) is 12.9. The van der Waals surface area contributed by atoms with Gasteiger partial charge in [-0.3, -0.25) is 9.97 Å². The third kappa shape index (κ3) is 4.29. The van der Waals surface area contributed by atoms with E-state index in [1.54, 1.807) is 0 Å².